The minimum absolute atomic E-state index is 0.0485. The molecule has 1 saturated heterocycles. The van der Waals surface area contributed by atoms with Gasteiger partial charge in [0.05, 0.1) is 24.7 Å². The summed E-state index contributed by atoms with van der Waals surface area (Å²) in [7, 11) is 1.73. The Morgan fingerprint density at radius 2 is 2.06 bits per heavy atom. The van der Waals surface area contributed by atoms with Gasteiger partial charge in [-0.1, -0.05) is 19.4 Å². The molecule has 1 fully saturated rings. The standard InChI is InChI=1S/C23H32N4O4/c1-4-17-16-27(13-10-18(17)15-21(28)26(3)12-7-11-24)23(30)25-20-9-6-8-19(14-20)22(29)31-5-2/h6,8-9,14,17-18H,4-5,7,10,12-13,15-16H2,1-3H3,(H,25,30). The molecule has 0 aromatic heterocycles. The Bertz CT molecular complexity index is 820. The number of hydrogen-bond donors (Lipinski definition) is 1. The molecule has 2 unspecified atom stereocenters. The Labute approximate surface area is 184 Å². The number of carbonyl (C=O) groups is 3. The largest absolute Gasteiger partial charge is 0.462 e. The number of benzene rings is 1. The highest BCUT2D eigenvalue weighted by molar-refractivity contribution is 5.94. The molecule has 31 heavy (non-hydrogen) atoms. The van der Waals surface area contributed by atoms with Gasteiger partial charge < -0.3 is 19.9 Å². The average molecular weight is 429 g/mol. The fraction of sp³-hybridized carbons (Fsp3) is 0.565. The van der Waals surface area contributed by atoms with Gasteiger partial charge in [0.2, 0.25) is 5.91 Å². The van der Waals surface area contributed by atoms with Crippen LogP contribution < -0.4 is 5.32 Å². The van der Waals surface area contributed by atoms with Crippen LogP contribution in [0.3, 0.4) is 0 Å². The Morgan fingerprint density at radius 1 is 1.29 bits per heavy atom. The SMILES string of the molecule is CCOC(=O)c1cccc(NC(=O)N2CCC(CC(=O)N(C)CCC#N)C(CC)C2)c1. The fourth-order valence-corrected chi connectivity index (χ4v) is 3.86. The maximum Gasteiger partial charge on any atom is 0.338 e. The highest BCUT2D eigenvalue weighted by Gasteiger charge is 2.32. The van der Waals surface area contributed by atoms with Crippen molar-refractivity contribution in [3.8, 4) is 6.07 Å². The second-order valence-electron chi connectivity index (χ2n) is 7.82. The maximum absolute atomic E-state index is 12.8. The first-order valence-corrected chi connectivity index (χ1v) is 10.8. The van der Waals surface area contributed by atoms with Crippen molar-refractivity contribution in [3.63, 3.8) is 0 Å². The number of likely N-dealkylation sites (tertiary alicyclic amines) is 1. The fourth-order valence-electron chi connectivity index (χ4n) is 3.86. The molecule has 8 heteroatoms. The molecule has 0 spiro atoms. The predicted molar refractivity (Wildman–Crippen MR) is 117 cm³/mol. The van der Waals surface area contributed by atoms with E-state index < -0.39 is 5.97 Å². The average Bonchev–Trinajstić information content (AvgIpc) is 2.77. The molecule has 0 saturated carbocycles. The second-order valence-corrected chi connectivity index (χ2v) is 7.82. The molecular weight excluding hydrogens is 396 g/mol. The van der Waals surface area contributed by atoms with Crippen LogP contribution in [0.4, 0.5) is 10.5 Å². The van der Waals surface area contributed by atoms with E-state index in [9.17, 15) is 14.4 Å². The van der Waals surface area contributed by atoms with Crippen molar-refractivity contribution < 1.29 is 19.1 Å². The Morgan fingerprint density at radius 3 is 2.74 bits per heavy atom. The predicted octanol–water partition coefficient (Wildman–Crippen LogP) is 3.51. The zero-order valence-electron chi connectivity index (χ0n) is 18.6. The van der Waals surface area contributed by atoms with E-state index in [0.29, 0.717) is 50.3 Å². The van der Waals surface area contributed by atoms with Crippen LogP contribution in [0.2, 0.25) is 0 Å². The zero-order valence-corrected chi connectivity index (χ0v) is 18.6. The minimum atomic E-state index is -0.421. The Kier molecular flexibility index (Phi) is 9.32. The molecule has 168 valence electrons. The van der Waals surface area contributed by atoms with Gasteiger partial charge in [0.25, 0.3) is 0 Å². The lowest BCUT2D eigenvalue weighted by Crippen LogP contribution is -2.46. The highest BCUT2D eigenvalue weighted by Crippen LogP contribution is 2.30. The summed E-state index contributed by atoms with van der Waals surface area (Å²) in [6.07, 6.45) is 2.40. The van der Waals surface area contributed by atoms with Crippen LogP contribution in [0, 0.1) is 23.2 Å². The number of hydrogen-bond acceptors (Lipinski definition) is 5. The molecule has 1 aromatic carbocycles. The summed E-state index contributed by atoms with van der Waals surface area (Å²) in [6, 6.07) is 8.55. The summed E-state index contributed by atoms with van der Waals surface area (Å²) in [4.78, 5) is 40.5. The van der Waals surface area contributed by atoms with Gasteiger partial charge in [0.15, 0.2) is 0 Å². The van der Waals surface area contributed by atoms with Crippen LogP contribution >= 0.6 is 0 Å². The van der Waals surface area contributed by atoms with E-state index in [4.69, 9.17) is 10.00 Å². The number of anilines is 1. The number of piperidine rings is 1. The summed E-state index contributed by atoms with van der Waals surface area (Å²) in [5, 5.41) is 11.6. The van der Waals surface area contributed by atoms with E-state index in [-0.39, 0.29) is 23.8 Å². The normalized spacial score (nSPS) is 18.1. The zero-order chi connectivity index (χ0) is 22.8. The smallest absolute Gasteiger partial charge is 0.338 e. The van der Waals surface area contributed by atoms with Gasteiger partial charge in [-0.05, 0) is 43.4 Å². The quantitative estimate of drug-likeness (QED) is 0.638. The summed E-state index contributed by atoms with van der Waals surface area (Å²) in [6.45, 7) is 5.71. The van der Waals surface area contributed by atoms with Crippen LogP contribution in [0.1, 0.15) is 49.9 Å². The molecule has 8 nitrogen and oxygen atoms in total. The highest BCUT2D eigenvalue weighted by atomic mass is 16.5. The molecule has 1 aliphatic heterocycles. The number of nitriles is 1. The number of carbonyl (C=O) groups excluding carboxylic acids is 3. The number of amides is 3. The van der Waals surface area contributed by atoms with Crippen LogP contribution in [0.25, 0.3) is 0 Å². The van der Waals surface area contributed by atoms with Gasteiger partial charge in [0, 0.05) is 38.8 Å². The van der Waals surface area contributed by atoms with Gasteiger partial charge >= 0.3 is 12.0 Å². The number of nitrogens with one attached hydrogen (secondary N) is 1. The third-order valence-electron chi connectivity index (χ3n) is 5.75. The molecule has 0 bridgehead atoms. The lowest BCUT2D eigenvalue weighted by Gasteiger charge is -2.38. The second kappa shape index (κ2) is 11.9. The van der Waals surface area contributed by atoms with E-state index in [1.54, 1.807) is 48.0 Å². The molecule has 1 heterocycles. The maximum atomic E-state index is 12.8. The van der Waals surface area contributed by atoms with Crippen molar-refractivity contribution in [2.24, 2.45) is 11.8 Å². The van der Waals surface area contributed by atoms with E-state index in [0.717, 1.165) is 12.8 Å². The number of esters is 1. The van der Waals surface area contributed by atoms with Crippen molar-refractivity contribution in [2.45, 2.75) is 39.5 Å². The van der Waals surface area contributed by atoms with E-state index in [1.807, 2.05) is 0 Å². The summed E-state index contributed by atoms with van der Waals surface area (Å²) < 4.78 is 5.01. The number of nitrogens with zero attached hydrogens (tertiary/aromatic N) is 3. The first-order chi connectivity index (χ1) is 14.9. The van der Waals surface area contributed by atoms with E-state index in [1.165, 1.54) is 0 Å². The molecule has 2 atom stereocenters. The molecular formula is C23H32N4O4. The minimum Gasteiger partial charge on any atom is -0.462 e. The molecule has 0 radical (unpaired) electrons. The van der Waals surface area contributed by atoms with Crippen LogP contribution in [-0.4, -0.2) is 61.0 Å². The number of urea groups is 1. The van der Waals surface area contributed by atoms with Gasteiger partial charge in [-0.15, -0.1) is 0 Å². The molecule has 1 N–H and O–H groups in total. The van der Waals surface area contributed by atoms with Crippen molar-refractivity contribution in [1.82, 2.24) is 9.80 Å². The molecule has 2 rings (SSSR count). The van der Waals surface area contributed by atoms with Gasteiger partial charge in [-0.3, -0.25) is 4.79 Å². The number of ether oxygens (including phenoxy) is 1. The molecule has 3 amide bonds. The van der Waals surface area contributed by atoms with Crippen LogP contribution in [0.15, 0.2) is 24.3 Å². The van der Waals surface area contributed by atoms with Crippen molar-refractivity contribution >= 4 is 23.6 Å². The topological polar surface area (TPSA) is 103 Å². The number of rotatable bonds is 8. The monoisotopic (exact) mass is 428 g/mol. The summed E-state index contributed by atoms with van der Waals surface area (Å²) in [5.74, 6) is 0.0826. The van der Waals surface area contributed by atoms with E-state index in [2.05, 4.69) is 18.3 Å². The molecule has 1 aliphatic rings. The summed E-state index contributed by atoms with van der Waals surface area (Å²) >= 11 is 0. The van der Waals surface area contributed by atoms with Gasteiger partial charge in [-0.25, -0.2) is 9.59 Å². The first kappa shape index (κ1) is 24.2. The third kappa shape index (κ3) is 6.99. The van der Waals surface area contributed by atoms with Crippen molar-refractivity contribution in [3.05, 3.63) is 29.8 Å². The first-order valence-electron chi connectivity index (χ1n) is 10.8. The Balaban J connectivity index is 1.94. The van der Waals surface area contributed by atoms with Crippen molar-refractivity contribution in [1.29, 1.82) is 5.26 Å². The van der Waals surface area contributed by atoms with Gasteiger partial charge in [-0.2, -0.15) is 5.26 Å². The molecule has 1 aromatic rings. The summed E-state index contributed by atoms with van der Waals surface area (Å²) in [5.41, 5.74) is 0.934. The van der Waals surface area contributed by atoms with Crippen LogP contribution in [0.5, 0.6) is 0 Å². The van der Waals surface area contributed by atoms with Crippen molar-refractivity contribution in [2.75, 3.05) is 38.6 Å². The third-order valence-corrected chi connectivity index (χ3v) is 5.75. The van der Waals surface area contributed by atoms with Gasteiger partial charge in [0.1, 0.15) is 0 Å². The lowest BCUT2D eigenvalue weighted by molar-refractivity contribution is -0.131. The van der Waals surface area contributed by atoms with Crippen LogP contribution in [-0.2, 0) is 9.53 Å². The lowest BCUT2D eigenvalue weighted by atomic mass is 9.81. The Hall–Kier alpha value is -3.08. The van der Waals surface area contributed by atoms with E-state index >= 15 is 0 Å². The molecule has 0 aliphatic carbocycles.